The molecule has 0 aromatic carbocycles. The highest BCUT2D eigenvalue weighted by Gasteiger charge is 2.54. The summed E-state index contributed by atoms with van der Waals surface area (Å²) in [5.41, 5.74) is 16.9. The van der Waals surface area contributed by atoms with E-state index in [1.807, 2.05) is 0 Å². The summed E-state index contributed by atoms with van der Waals surface area (Å²) in [4.78, 5) is 57.8. The summed E-state index contributed by atoms with van der Waals surface area (Å²) in [6.07, 6.45) is -0.962. The highest BCUT2D eigenvalue weighted by Crippen LogP contribution is 2.42. The Morgan fingerprint density at radius 2 is 1.83 bits per heavy atom. The van der Waals surface area contributed by atoms with Crippen LogP contribution in [0.3, 0.4) is 0 Å². The van der Waals surface area contributed by atoms with Crippen molar-refractivity contribution in [2.75, 3.05) is 31.9 Å². The molecule has 0 aliphatic carbocycles. The predicted octanol–water partition coefficient (Wildman–Crippen LogP) is 2.36. The van der Waals surface area contributed by atoms with E-state index in [1.165, 1.54) is 21.6 Å². The number of fused-ring (bicyclic) bond motifs is 1. The molecule has 0 saturated carbocycles. The maximum atomic E-state index is 13.5. The molecule has 2 heterocycles. The van der Waals surface area contributed by atoms with Gasteiger partial charge in [0.2, 0.25) is 0 Å². The van der Waals surface area contributed by atoms with Crippen molar-refractivity contribution in [1.82, 2.24) is 15.1 Å². The third kappa shape index (κ3) is 7.44. The van der Waals surface area contributed by atoms with E-state index in [2.05, 4.69) is 25.4 Å². The number of carboxylic acids is 1. The molecule has 190 valence electrons. The Kier molecular flexibility index (Phi) is 9.63. The average Bonchev–Trinajstić information content (AvgIpc) is 2.78. The maximum Gasteiger partial charge on any atom is 0.408 e. The third-order valence-electron chi connectivity index (χ3n) is 4.92. The molecule has 0 aromatic heterocycles. The first-order valence-corrected chi connectivity index (χ1v) is 11.7. The zero-order valence-corrected chi connectivity index (χ0v) is 20.4. The lowest BCUT2D eigenvalue weighted by molar-refractivity contribution is -0.147. The second kappa shape index (κ2) is 12.2. The maximum absolute atomic E-state index is 13.5. The number of hydrogen-bond donors (Lipinski definition) is 2. The number of azide groups is 2. The van der Waals surface area contributed by atoms with Crippen LogP contribution < -0.4 is 5.32 Å². The van der Waals surface area contributed by atoms with Crippen molar-refractivity contribution in [2.45, 2.75) is 50.6 Å². The van der Waals surface area contributed by atoms with Crippen molar-refractivity contribution in [1.29, 1.82) is 0 Å². The summed E-state index contributed by atoms with van der Waals surface area (Å²) in [7, 11) is 0. The number of nitrogens with zero attached hydrogens (tertiary/aromatic N) is 8. The van der Waals surface area contributed by atoms with Gasteiger partial charge in [-0.2, -0.15) is 0 Å². The Hall–Kier alpha value is -3.61. The molecule has 2 aliphatic heterocycles. The van der Waals surface area contributed by atoms with Crippen LogP contribution in [0.4, 0.5) is 4.79 Å². The lowest BCUT2D eigenvalue weighted by Crippen LogP contribution is -2.71. The monoisotopic (exact) mass is 509 g/mol. The number of β-lactam (4-membered cyclic amide) rings is 1. The number of alkyl carbamates (subject to hydrolysis) is 1. The van der Waals surface area contributed by atoms with Crippen molar-refractivity contribution in [3.63, 3.8) is 0 Å². The van der Waals surface area contributed by atoms with E-state index < -0.39 is 40.9 Å². The molecule has 0 radical (unpaired) electrons. The van der Waals surface area contributed by atoms with Crippen LogP contribution in [-0.4, -0.2) is 87.7 Å². The number of ether oxygens (including phenoxy) is 1. The normalized spacial score (nSPS) is 18.9. The second-order valence-electron chi connectivity index (χ2n) is 8.58. The molecule has 2 rings (SSSR count). The molecule has 2 N–H and O–H groups in total. The quantitative estimate of drug-likeness (QED) is 0.183. The minimum Gasteiger partial charge on any atom is -0.481 e. The van der Waals surface area contributed by atoms with Gasteiger partial charge in [-0.15, -0.1) is 11.8 Å². The lowest BCUT2D eigenvalue weighted by atomic mass is 10.00. The van der Waals surface area contributed by atoms with E-state index in [0.29, 0.717) is 5.57 Å². The van der Waals surface area contributed by atoms with Crippen molar-refractivity contribution in [2.24, 2.45) is 10.2 Å². The zero-order valence-electron chi connectivity index (χ0n) is 19.6. The van der Waals surface area contributed by atoms with Gasteiger partial charge in [0, 0.05) is 48.2 Å². The van der Waals surface area contributed by atoms with Crippen LogP contribution in [0, 0.1) is 0 Å². The molecule has 0 unspecified atom stereocenters. The van der Waals surface area contributed by atoms with Crippen LogP contribution in [0.5, 0.6) is 0 Å². The number of carboxylic acid groups (broad SMARTS) is 1. The molecule has 1 saturated heterocycles. The van der Waals surface area contributed by atoms with Gasteiger partial charge in [-0.3, -0.25) is 19.3 Å². The number of carbonyl (C=O) groups excluding carboxylic acids is 3. The van der Waals surface area contributed by atoms with Crippen LogP contribution in [0.1, 0.15) is 33.6 Å². The smallest absolute Gasteiger partial charge is 0.408 e. The molecule has 16 heteroatoms. The first-order valence-electron chi connectivity index (χ1n) is 10.7. The first kappa shape index (κ1) is 27.6. The summed E-state index contributed by atoms with van der Waals surface area (Å²) >= 11 is 1.30. The summed E-state index contributed by atoms with van der Waals surface area (Å²) < 4.78 is 5.22. The van der Waals surface area contributed by atoms with Crippen molar-refractivity contribution in [3.05, 3.63) is 32.2 Å². The number of aliphatic carboxylic acids is 1. The van der Waals surface area contributed by atoms with Gasteiger partial charge < -0.3 is 20.1 Å². The van der Waals surface area contributed by atoms with Gasteiger partial charge in [-0.25, -0.2) is 4.79 Å². The Morgan fingerprint density at radius 3 is 2.34 bits per heavy atom. The van der Waals surface area contributed by atoms with Gasteiger partial charge in [0.15, 0.2) is 0 Å². The summed E-state index contributed by atoms with van der Waals surface area (Å²) in [5, 5.41) is 17.9. The number of carbonyl (C=O) groups is 4. The van der Waals surface area contributed by atoms with E-state index in [-0.39, 0.29) is 50.5 Å². The van der Waals surface area contributed by atoms with E-state index in [0.717, 1.165) is 0 Å². The number of thioether (sulfide) groups is 1. The second-order valence-corrected chi connectivity index (χ2v) is 9.69. The van der Waals surface area contributed by atoms with Crippen LogP contribution in [0.15, 0.2) is 21.5 Å². The molecule has 0 aromatic rings. The van der Waals surface area contributed by atoms with E-state index in [1.54, 1.807) is 20.8 Å². The van der Waals surface area contributed by atoms with Gasteiger partial charge in [0.05, 0.1) is 0 Å². The van der Waals surface area contributed by atoms with Crippen LogP contribution in [-0.2, 0) is 19.1 Å². The molecule has 3 amide bonds. The van der Waals surface area contributed by atoms with Crippen LogP contribution in [0.2, 0.25) is 0 Å². The highest BCUT2D eigenvalue weighted by atomic mass is 32.2. The number of rotatable bonds is 11. The van der Waals surface area contributed by atoms with E-state index >= 15 is 0 Å². The molecule has 2 aliphatic rings. The molecule has 1 fully saturated rings. The van der Waals surface area contributed by atoms with Crippen molar-refractivity contribution < 1.29 is 29.0 Å². The molecule has 0 bridgehead atoms. The Morgan fingerprint density at radius 1 is 1.23 bits per heavy atom. The predicted molar refractivity (Wildman–Crippen MR) is 125 cm³/mol. The van der Waals surface area contributed by atoms with Crippen molar-refractivity contribution in [3.8, 4) is 0 Å². The molecule has 35 heavy (non-hydrogen) atoms. The summed E-state index contributed by atoms with van der Waals surface area (Å²) in [6.45, 7) is 4.96. The van der Waals surface area contributed by atoms with Crippen LogP contribution >= 0.6 is 11.8 Å². The van der Waals surface area contributed by atoms with E-state index in [9.17, 15) is 19.2 Å². The SMILES string of the molecule is CC(C)(C)OC(=O)N[C@@H]1C(=O)N2C(C(=O)N(CCN=[N+]=[N-])CCN=[N+]=[N-])=C(CCC(=O)O)CS[C@H]12. The van der Waals surface area contributed by atoms with Crippen LogP contribution in [0.25, 0.3) is 20.9 Å². The van der Waals surface area contributed by atoms with Crippen molar-refractivity contribution >= 4 is 35.6 Å². The Bertz CT molecular complexity index is 975. The topological polar surface area (TPSA) is 214 Å². The van der Waals surface area contributed by atoms with Gasteiger partial charge in [-0.1, -0.05) is 10.2 Å². The van der Waals surface area contributed by atoms with E-state index in [4.69, 9.17) is 20.9 Å². The molecular formula is C19H27N9O6S. The molecule has 15 nitrogen and oxygen atoms in total. The molecule has 2 atom stereocenters. The average molecular weight is 510 g/mol. The number of nitrogens with one attached hydrogen (secondary N) is 1. The Labute approximate surface area is 205 Å². The van der Waals surface area contributed by atoms with Gasteiger partial charge >= 0.3 is 12.1 Å². The Balaban J connectivity index is 2.32. The van der Waals surface area contributed by atoms with Gasteiger partial charge in [0.25, 0.3) is 11.8 Å². The van der Waals surface area contributed by atoms with Gasteiger partial charge in [0.1, 0.15) is 22.7 Å². The standard InChI is InChI=1S/C19H27N9O6S/c1-19(2,3)34-18(33)24-13-15(31)28-14(11(4-5-12(29)30)10-35-17(13)28)16(32)27(8-6-22-25-20)9-7-23-26-21/h13,17H,4-10H2,1-3H3,(H,24,33)(H,29,30)/t13-,17-/m1/s1. The fraction of sp³-hybridized carbons (Fsp3) is 0.684. The summed E-state index contributed by atoms with van der Waals surface area (Å²) in [5.74, 6) is -1.90. The first-order chi connectivity index (χ1) is 16.5. The minimum atomic E-state index is -1.06. The third-order valence-corrected chi connectivity index (χ3v) is 6.26. The zero-order chi connectivity index (χ0) is 26.2. The minimum absolute atomic E-state index is 0.00101. The highest BCUT2D eigenvalue weighted by molar-refractivity contribution is 8.00. The fourth-order valence-electron chi connectivity index (χ4n) is 3.45. The van der Waals surface area contributed by atoms with Gasteiger partial charge in [-0.05, 0) is 43.8 Å². The molecular weight excluding hydrogens is 482 g/mol. The molecule has 0 spiro atoms. The summed E-state index contributed by atoms with van der Waals surface area (Å²) in [6, 6.07) is -0.918. The largest absolute Gasteiger partial charge is 0.481 e. The number of hydrogen-bond acceptors (Lipinski definition) is 8. The lowest BCUT2D eigenvalue weighted by Gasteiger charge is -2.50. The number of amides is 3. The fourth-order valence-corrected chi connectivity index (χ4v) is 4.84.